The summed E-state index contributed by atoms with van der Waals surface area (Å²) in [4.78, 5) is 12.1. The summed E-state index contributed by atoms with van der Waals surface area (Å²) in [6.45, 7) is 3.89. The molecule has 1 amide bonds. The molecule has 6 heteroatoms. The van der Waals surface area contributed by atoms with Crippen molar-refractivity contribution in [2.24, 2.45) is 0 Å². The van der Waals surface area contributed by atoms with Crippen LogP contribution in [0.15, 0.2) is 36.7 Å². The molecule has 0 bridgehead atoms. The van der Waals surface area contributed by atoms with Crippen LogP contribution in [0.1, 0.15) is 30.1 Å². The Labute approximate surface area is 124 Å². The fourth-order valence-electron chi connectivity index (χ4n) is 1.98. The average molecular weight is 288 g/mol. The van der Waals surface area contributed by atoms with Gasteiger partial charge in [0.15, 0.2) is 0 Å². The normalized spacial score (nSPS) is 10.3. The van der Waals surface area contributed by atoms with Crippen molar-refractivity contribution in [2.45, 2.75) is 26.3 Å². The fourth-order valence-corrected chi connectivity index (χ4v) is 1.98. The van der Waals surface area contributed by atoms with Crippen LogP contribution in [0.5, 0.6) is 5.75 Å². The molecule has 21 heavy (non-hydrogen) atoms. The molecular weight excluding hydrogens is 268 g/mol. The first-order valence-corrected chi connectivity index (χ1v) is 7.15. The standard InChI is InChI=1S/C15H20N4O2/c1-2-21-14-8-4-3-7-13(14)15(20)16-9-5-6-11-19-12-10-17-18-19/h3-4,7-8,10,12H,2,5-6,9,11H2,1H3,(H,16,20). The van der Waals surface area contributed by atoms with Crippen LogP contribution in [0.4, 0.5) is 0 Å². The summed E-state index contributed by atoms with van der Waals surface area (Å²) >= 11 is 0. The number of hydrogen-bond acceptors (Lipinski definition) is 4. The zero-order valence-corrected chi connectivity index (χ0v) is 12.2. The highest BCUT2D eigenvalue weighted by atomic mass is 16.5. The third kappa shape index (κ3) is 4.59. The van der Waals surface area contributed by atoms with Crippen molar-refractivity contribution in [2.75, 3.05) is 13.2 Å². The molecule has 0 unspecified atom stereocenters. The van der Waals surface area contributed by atoms with E-state index < -0.39 is 0 Å². The summed E-state index contributed by atoms with van der Waals surface area (Å²) in [5, 5.41) is 10.6. The summed E-state index contributed by atoms with van der Waals surface area (Å²) in [5.41, 5.74) is 0.579. The van der Waals surface area contributed by atoms with E-state index >= 15 is 0 Å². The summed E-state index contributed by atoms with van der Waals surface area (Å²) in [5.74, 6) is 0.528. The van der Waals surface area contributed by atoms with Gasteiger partial charge in [-0.05, 0) is 31.9 Å². The molecule has 0 aliphatic heterocycles. The minimum Gasteiger partial charge on any atom is -0.493 e. The molecule has 0 atom stereocenters. The Morgan fingerprint density at radius 1 is 1.33 bits per heavy atom. The van der Waals surface area contributed by atoms with Crippen molar-refractivity contribution in [3.63, 3.8) is 0 Å². The monoisotopic (exact) mass is 288 g/mol. The molecule has 1 aromatic carbocycles. The number of para-hydroxylation sites is 1. The first kappa shape index (κ1) is 15.0. The predicted octanol–water partition coefficient (Wildman–Crippen LogP) is 1.89. The molecule has 2 aromatic rings. The third-order valence-corrected chi connectivity index (χ3v) is 3.00. The van der Waals surface area contributed by atoms with Crippen molar-refractivity contribution in [3.8, 4) is 5.75 Å². The van der Waals surface area contributed by atoms with Gasteiger partial charge in [0.1, 0.15) is 5.75 Å². The molecule has 0 spiro atoms. The molecule has 0 aliphatic rings. The molecule has 2 rings (SSSR count). The largest absolute Gasteiger partial charge is 0.493 e. The minimum atomic E-state index is -0.0974. The van der Waals surface area contributed by atoms with E-state index in [1.807, 2.05) is 31.3 Å². The lowest BCUT2D eigenvalue weighted by atomic mass is 10.2. The van der Waals surface area contributed by atoms with E-state index in [2.05, 4.69) is 15.6 Å². The number of hydrogen-bond donors (Lipinski definition) is 1. The maximum atomic E-state index is 12.1. The van der Waals surface area contributed by atoms with Gasteiger partial charge in [-0.25, -0.2) is 0 Å². The van der Waals surface area contributed by atoms with Crippen LogP contribution in [0.3, 0.4) is 0 Å². The fraction of sp³-hybridized carbons (Fsp3) is 0.400. The molecule has 6 nitrogen and oxygen atoms in total. The Balaban J connectivity index is 1.74. The van der Waals surface area contributed by atoms with Crippen molar-refractivity contribution >= 4 is 5.91 Å². The quantitative estimate of drug-likeness (QED) is 0.753. The van der Waals surface area contributed by atoms with Crippen LogP contribution in [0, 0.1) is 0 Å². The molecule has 0 fully saturated rings. The van der Waals surface area contributed by atoms with Gasteiger partial charge in [0.2, 0.25) is 0 Å². The van der Waals surface area contributed by atoms with Gasteiger partial charge in [0.25, 0.3) is 5.91 Å². The van der Waals surface area contributed by atoms with Crippen LogP contribution in [-0.4, -0.2) is 34.1 Å². The topological polar surface area (TPSA) is 69.0 Å². The zero-order valence-electron chi connectivity index (χ0n) is 12.2. The van der Waals surface area contributed by atoms with E-state index in [0.29, 0.717) is 24.5 Å². The van der Waals surface area contributed by atoms with Crippen molar-refractivity contribution in [1.82, 2.24) is 20.3 Å². The van der Waals surface area contributed by atoms with Crippen molar-refractivity contribution < 1.29 is 9.53 Å². The molecule has 1 N–H and O–H groups in total. The zero-order chi connectivity index (χ0) is 14.9. The Morgan fingerprint density at radius 3 is 2.95 bits per heavy atom. The number of amides is 1. The van der Waals surface area contributed by atoms with Gasteiger partial charge in [-0.1, -0.05) is 17.3 Å². The van der Waals surface area contributed by atoms with Gasteiger partial charge < -0.3 is 10.1 Å². The molecule has 112 valence electrons. The number of carbonyl (C=O) groups excluding carboxylic acids is 1. The minimum absolute atomic E-state index is 0.0974. The summed E-state index contributed by atoms with van der Waals surface area (Å²) in [6, 6.07) is 7.28. The number of ether oxygens (including phenoxy) is 1. The van der Waals surface area contributed by atoms with Gasteiger partial charge >= 0.3 is 0 Å². The second-order valence-electron chi connectivity index (χ2n) is 4.56. The Hall–Kier alpha value is -2.37. The van der Waals surface area contributed by atoms with Gasteiger partial charge in [-0.3, -0.25) is 9.48 Å². The number of nitrogens with one attached hydrogen (secondary N) is 1. The highest BCUT2D eigenvalue weighted by Gasteiger charge is 2.10. The van der Waals surface area contributed by atoms with Crippen LogP contribution >= 0.6 is 0 Å². The van der Waals surface area contributed by atoms with E-state index in [0.717, 1.165) is 19.4 Å². The molecule has 0 radical (unpaired) electrons. The van der Waals surface area contributed by atoms with Gasteiger partial charge in [0.05, 0.1) is 18.4 Å². The van der Waals surface area contributed by atoms with E-state index in [9.17, 15) is 4.79 Å². The Morgan fingerprint density at radius 2 is 2.19 bits per heavy atom. The van der Waals surface area contributed by atoms with Crippen molar-refractivity contribution in [1.29, 1.82) is 0 Å². The smallest absolute Gasteiger partial charge is 0.255 e. The molecular formula is C15H20N4O2. The van der Waals surface area contributed by atoms with Gasteiger partial charge in [-0.2, -0.15) is 0 Å². The van der Waals surface area contributed by atoms with Crippen LogP contribution in [-0.2, 0) is 6.54 Å². The lowest BCUT2D eigenvalue weighted by molar-refractivity contribution is 0.0949. The summed E-state index contributed by atoms with van der Waals surface area (Å²) in [7, 11) is 0. The Bertz CT molecular complexity index is 555. The number of nitrogens with zero attached hydrogens (tertiary/aromatic N) is 3. The second kappa shape index (κ2) is 8.04. The van der Waals surface area contributed by atoms with E-state index in [1.54, 1.807) is 16.9 Å². The SMILES string of the molecule is CCOc1ccccc1C(=O)NCCCCn1ccnn1. The second-order valence-corrected chi connectivity index (χ2v) is 4.56. The van der Waals surface area contributed by atoms with E-state index in [-0.39, 0.29) is 5.91 Å². The number of rotatable bonds is 8. The van der Waals surface area contributed by atoms with Crippen LogP contribution in [0.25, 0.3) is 0 Å². The average Bonchev–Trinajstić information content (AvgIpc) is 3.01. The summed E-state index contributed by atoms with van der Waals surface area (Å²) in [6.07, 6.45) is 5.32. The van der Waals surface area contributed by atoms with Gasteiger partial charge in [0, 0.05) is 19.3 Å². The number of unbranched alkanes of at least 4 members (excludes halogenated alkanes) is 1. The third-order valence-electron chi connectivity index (χ3n) is 3.00. The molecule has 0 aliphatic carbocycles. The first-order chi connectivity index (χ1) is 10.3. The number of aryl methyl sites for hydroxylation is 1. The molecule has 0 saturated heterocycles. The molecule has 1 heterocycles. The molecule has 1 aromatic heterocycles. The number of carbonyl (C=O) groups is 1. The van der Waals surface area contributed by atoms with E-state index in [1.165, 1.54) is 0 Å². The lowest BCUT2D eigenvalue weighted by Crippen LogP contribution is -2.25. The lowest BCUT2D eigenvalue weighted by Gasteiger charge is -2.10. The van der Waals surface area contributed by atoms with Gasteiger partial charge in [-0.15, -0.1) is 5.10 Å². The highest BCUT2D eigenvalue weighted by molar-refractivity contribution is 5.96. The molecule has 0 saturated carbocycles. The summed E-state index contributed by atoms with van der Waals surface area (Å²) < 4.78 is 7.24. The van der Waals surface area contributed by atoms with E-state index in [4.69, 9.17) is 4.74 Å². The predicted molar refractivity (Wildman–Crippen MR) is 79.2 cm³/mol. The van der Waals surface area contributed by atoms with Crippen molar-refractivity contribution in [3.05, 3.63) is 42.2 Å². The number of benzene rings is 1. The first-order valence-electron chi connectivity index (χ1n) is 7.15. The van der Waals surface area contributed by atoms with Crippen LogP contribution < -0.4 is 10.1 Å². The maximum absolute atomic E-state index is 12.1. The number of aromatic nitrogens is 3. The highest BCUT2D eigenvalue weighted by Crippen LogP contribution is 2.17. The van der Waals surface area contributed by atoms with Crippen LogP contribution in [0.2, 0.25) is 0 Å². The Kier molecular flexibility index (Phi) is 5.75. The maximum Gasteiger partial charge on any atom is 0.255 e.